The van der Waals surface area contributed by atoms with Crippen LogP contribution in [0.25, 0.3) is 0 Å². The van der Waals surface area contributed by atoms with Gasteiger partial charge in [0, 0.05) is 29.8 Å². The van der Waals surface area contributed by atoms with Crippen molar-refractivity contribution in [1.29, 1.82) is 0 Å². The zero-order valence-electron chi connectivity index (χ0n) is 19.7. The predicted octanol–water partition coefficient (Wildman–Crippen LogP) is 5.38. The average Bonchev–Trinajstić information content (AvgIpc) is 2.88. The van der Waals surface area contributed by atoms with Gasteiger partial charge in [0.05, 0.1) is 12.5 Å². The fourth-order valence-corrected chi connectivity index (χ4v) is 5.10. The standard InChI is InChI=1S/C30H28N2O3/c1-20-12-14-24(15-13-20)31-30(35)25-18-28(34)32(19-21-8-4-2-5-9-21)26-16-23(17-27(33)29(25)26)22-10-6-3-7-11-22/h2-15,23,25H,16-19H2,1H3,(H,31,35)/t23-,25-/m1/s1. The molecule has 1 heterocycles. The molecule has 5 rings (SSSR count). The van der Waals surface area contributed by atoms with Gasteiger partial charge in [0.2, 0.25) is 11.8 Å². The number of ketones is 1. The van der Waals surface area contributed by atoms with Crippen molar-refractivity contribution in [3.8, 4) is 0 Å². The van der Waals surface area contributed by atoms with Crippen LogP contribution in [0.5, 0.6) is 0 Å². The van der Waals surface area contributed by atoms with Gasteiger partial charge in [-0.25, -0.2) is 0 Å². The van der Waals surface area contributed by atoms with Crippen molar-refractivity contribution in [2.75, 3.05) is 5.32 Å². The zero-order chi connectivity index (χ0) is 24.4. The Kier molecular flexibility index (Phi) is 6.32. The highest BCUT2D eigenvalue weighted by atomic mass is 16.2. The number of allylic oxidation sites excluding steroid dienone is 1. The molecule has 0 spiro atoms. The minimum atomic E-state index is -0.782. The number of amides is 2. The van der Waals surface area contributed by atoms with Gasteiger partial charge in [-0.15, -0.1) is 0 Å². The smallest absolute Gasteiger partial charge is 0.232 e. The molecule has 3 aromatic rings. The van der Waals surface area contributed by atoms with Crippen molar-refractivity contribution in [3.05, 3.63) is 113 Å². The Balaban J connectivity index is 1.51. The van der Waals surface area contributed by atoms with Crippen LogP contribution in [0.15, 0.2) is 96.2 Å². The first-order valence-electron chi connectivity index (χ1n) is 12.0. The molecule has 0 saturated carbocycles. The van der Waals surface area contributed by atoms with Crippen LogP contribution in [0.2, 0.25) is 0 Å². The van der Waals surface area contributed by atoms with Crippen LogP contribution in [0.4, 0.5) is 5.69 Å². The first-order chi connectivity index (χ1) is 17.0. The second-order valence-electron chi connectivity index (χ2n) is 9.38. The third-order valence-corrected chi connectivity index (χ3v) is 6.93. The third-order valence-electron chi connectivity index (χ3n) is 6.93. The van der Waals surface area contributed by atoms with E-state index in [1.165, 1.54) is 0 Å². The van der Waals surface area contributed by atoms with E-state index in [2.05, 4.69) is 5.32 Å². The Hall–Kier alpha value is -3.99. The van der Waals surface area contributed by atoms with Crippen molar-refractivity contribution in [1.82, 2.24) is 4.90 Å². The predicted molar refractivity (Wildman–Crippen MR) is 135 cm³/mol. The number of carbonyl (C=O) groups excluding carboxylic acids is 3. The summed E-state index contributed by atoms with van der Waals surface area (Å²) in [6, 6.07) is 27.2. The number of nitrogens with one attached hydrogen (secondary N) is 1. The molecule has 0 radical (unpaired) electrons. The van der Waals surface area contributed by atoms with Gasteiger partial charge in [-0.05, 0) is 42.5 Å². The molecule has 2 aliphatic rings. The van der Waals surface area contributed by atoms with Gasteiger partial charge in [-0.2, -0.15) is 0 Å². The topological polar surface area (TPSA) is 66.5 Å². The zero-order valence-corrected chi connectivity index (χ0v) is 19.7. The molecular weight excluding hydrogens is 436 g/mol. The summed E-state index contributed by atoms with van der Waals surface area (Å²) in [6.07, 6.45) is 0.883. The highest BCUT2D eigenvalue weighted by molar-refractivity contribution is 6.09. The van der Waals surface area contributed by atoms with Gasteiger partial charge in [-0.3, -0.25) is 14.4 Å². The fraction of sp³-hybridized carbons (Fsp3) is 0.233. The van der Waals surface area contributed by atoms with Gasteiger partial charge in [0.15, 0.2) is 5.78 Å². The quantitative estimate of drug-likeness (QED) is 0.551. The van der Waals surface area contributed by atoms with Crippen LogP contribution < -0.4 is 5.32 Å². The number of nitrogens with zero attached hydrogens (tertiary/aromatic N) is 1. The van der Waals surface area contributed by atoms with Crippen LogP contribution in [0, 0.1) is 12.8 Å². The summed E-state index contributed by atoms with van der Waals surface area (Å²) < 4.78 is 0. The lowest BCUT2D eigenvalue weighted by Crippen LogP contribution is -2.45. The number of anilines is 1. The fourth-order valence-electron chi connectivity index (χ4n) is 5.10. The van der Waals surface area contributed by atoms with Crippen molar-refractivity contribution in [3.63, 3.8) is 0 Å². The number of aryl methyl sites for hydroxylation is 1. The van der Waals surface area contributed by atoms with Crippen LogP contribution in [-0.4, -0.2) is 22.5 Å². The maximum Gasteiger partial charge on any atom is 0.232 e. The molecule has 1 aliphatic carbocycles. The van der Waals surface area contributed by atoms with E-state index in [0.29, 0.717) is 36.3 Å². The lowest BCUT2D eigenvalue weighted by molar-refractivity contribution is -0.136. The molecule has 0 aromatic heterocycles. The molecule has 5 nitrogen and oxygen atoms in total. The largest absolute Gasteiger partial charge is 0.326 e. The summed E-state index contributed by atoms with van der Waals surface area (Å²) in [5.74, 6) is -1.28. The van der Waals surface area contributed by atoms with E-state index >= 15 is 0 Å². The van der Waals surface area contributed by atoms with Crippen molar-refractivity contribution < 1.29 is 14.4 Å². The molecule has 2 atom stereocenters. The van der Waals surface area contributed by atoms with Crippen molar-refractivity contribution in [2.24, 2.45) is 5.92 Å². The Morgan fingerprint density at radius 3 is 2.20 bits per heavy atom. The molecule has 2 amide bonds. The van der Waals surface area contributed by atoms with E-state index in [9.17, 15) is 14.4 Å². The molecule has 0 bridgehead atoms. The van der Waals surface area contributed by atoms with Crippen LogP contribution >= 0.6 is 0 Å². The molecule has 176 valence electrons. The summed E-state index contributed by atoms with van der Waals surface area (Å²) >= 11 is 0. The molecular formula is C30H28N2O3. The summed E-state index contributed by atoms with van der Waals surface area (Å²) in [6.45, 7) is 2.37. The maximum absolute atomic E-state index is 13.6. The second kappa shape index (κ2) is 9.71. The van der Waals surface area contributed by atoms with Gasteiger partial charge in [0.25, 0.3) is 0 Å². The van der Waals surface area contributed by atoms with Crippen molar-refractivity contribution in [2.45, 2.75) is 38.6 Å². The van der Waals surface area contributed by atoms with Crippen molar-refractivity contribution >= 4 is 23.3 Å². The van der Waals surface area contributed by atoms with Gasteiger partial charge in [0.1, 0.15) is 0 Å². The Labute approximate surface area is 205 Å². The average molecular weight is 465 g/mol. The molecule has 5 heteroatoms. The second-order valence-corrected chi connectivity index (χ2v) is 9.38. The Morgan fingerprint density at radius 1 is 0.857 bits per heavy atom. The third kappa shape index (κ3) is 4.80. The summed E-state index contributed by atoms with van der Waals surface area (Å²) in [4.78, 5) is 42.0. The van der Waals surface area contributed by atoms with Gasteiger partial charge < -0.3 is 10.2 Å². The lowest BCUT2D eigenvalue weighted by atomic mass is 9.74. The SMILES string of the molecule is Cc1ccc(NC(=O)[C@@H]2CC(=O)N(Cc3ccccc3)C3=C2C(=O)C[C@H](c2ccccc2)C3)cc1. The molecule has 1 N–H and O–H groups in total. The Bertz CT molecular complexity index is 1280. The van der Waals surface area contributed by atoms with E-state index in [1.54, 1.807) is 4.90 Å². The van der Waals surface area contributed by atoms with Crippen LogP contribution in [0.3, 0.4) is 0 Å². The number of hydrogen-bond donors (Lipinski definition) is 1. The summed E-state index contributed by atoms with van der Waals surface area (Å²) in [5, 5.41) is 2.92. The van der Waals surface area contributed by atoms with E-state index < -0.39 is 5.92 Å². The van der Waals surface area contributed by atoms with E-state index in [-0.39, 0.29) is 29.9 Å². The molecule has 0 fully saturated rings. The maximum atomic E-state index is 13.6. The Morgan fingerprint density at radius 2 is 1.51 bits per heavy atom. The highest BCUT2D eigenvalue weighted by Gasteiger charge is 2.44. The van der Waals surface area contributed by atoms with E-state index in [4.69, 9.17) is 0 Å². The molecule has 3 aromatic carbocycles. The summed E-state index contributed by atoms with van der Waals surface area (Å²) in [5.41, 5.74) is 5.01. The van der Waals surface area contributed by atoms with E-state index in [0.717, 1.165) is 16.7 Å². The molecule has 0 saturated heterocycles. The molecule has 1 aliphatic heterocycles. The first-order valence-corrected chi connectivity index (χ1v) is 12.0. The van der Waals surface area contributed by atoms with Gasteiger partial charge >= 0.3 is 0 Å². The number of hydrogen-bond acceptors (Lipinski definition) is 3. The lowest BCUT2D eigenvalue weighted by Gasteiger charge is -2.40. The van der Waals surface area contributed by atoms with Crippen LogP contribution in [0.1, 0.15) is 41.9 Å². The molecule has 35 heavy (non-hydrogen) atoms. The van der Waals surface area contributed by atoms with Gasteiger partial charge in [-0.1, -0.05) is 78.4 Å². The van der Waals surface area contributed by atoms with E-state index in [1.807, 2.05) is 91.9 Å². The summed E-state index contributed by atoms with van der Waals surface area (Å²) in [7, 11) is 0. The number of benzene rings is 3. The molecule has 0 unspecified atom stereocenters. The first kappa shape index (κ1) is 22.8. The number of rotatable bonds is 5. The number of Topliss-reactive ketones (excluding diaryl/α,β-unsaturated/α-hetero) is 1. The number of carbonyl (C=O) groups is 3. The van der Waals surface area contributed by atoms with Crippen LogP contribution in [-0.2, 0) is 20.9 Å². The monoisotopic (exact) mass is 464 g/mol. The minimum Gasteiger partial charge on any atom is -0.326 e. The minimum absolute atomic E-state index is 0.00882. The highest BCUT2D eigenvalue weighted by Crippen LogP contribution is 2.43. The normalized spacial score (nSPS) is 20.0.